The predicted octanol–water partition coefficient (Wildman–Crippen LogP) is 4.12. The standard InChI is InChI=1S/C17H29NO/c1-14(2)12-16(13-18-15(3)4)10-11-19-17-8-6-5-7-9-17/h5-9,14-16,18H,10-13H2,1-4H3. The van der Waals surface area contributed by atoms with Crippen molar-refractivity contribution in [2.75, 3.05) is 13.2 Å². The summed E-state index contributed by atoms with van der Waals surface area (Å²) < 4.78 is 5.80. The zero-order valence-corrected chi connectivity index (χ0v) is 12.9. The van der Waals surface area contributed by atoms with Gasteiger partial charge in [-0.15, -0.1) is 0 Å². The van der Waals surface area contributed by atoms with E-state index in [0.717, 1.165) is 31.2 Å². The molecule has 0 spiro atoms. The Morgan fingerprint density at radius 2 is 1.74 bits per heavy atom. The molecule has 0 radical (unpaired) electrons. The predicted molar refractivity (Wildman–Crippen MR) is 82.6 cm³/mol. The van der Waals surface area contributed by atoms with Gasteiger partial charge in [-0.05, 0) is 43.4 Å². The second-order valence-electron chi connectivity index (χ2n) is 6.01. The highest BCUT2D eigenvalue weighted by Crippen LogP contribution is 2.16. The van der Waals surface area contributed by atoms with Crippen LogP contribution in [-0.2, 0) is 0 Å². The molecule has 1 aromatic rings. The molecule has 1 aromatic carbocycles. The van der Waals surface area contributed by atoms with E-state index in [1.165, 1.54) is 6.42 Å². The molecule has 2 heteroatoms. The molecule has 1 N–H and O–H groups in total. The number of ether oxygens (including phenoxy) is 1. The molecule has 0 amide bonds. The lowest BCUT2D eigenvalue weighted by atomic mass is 9.94. The van der Waals surface area contributed by atoms with Gasteiger partial charge in [-0.3, -0.25) is 0 Å². The number of nitrogens with one attached hydrogen (secondary N) is 1. The van der Waals surface area contributed by atoms with Crippen molar-refractivity contribution < 1.29 is 4.74 Å². The molecule has 0 aliphatic heterocycles. The summed E-state index contributed by atoms with van der Waals surface area (Å²) in [5.41, 5.74) is 0. The summed E-state index contributed by atoms with van der Waals surface area (Å²) in [6, 6.07) is 10.6. The van der Waals surface area contributed by atoms with Crippen LogP contribution in [0.1, 0.15) is 40.5 Å². The molecule has 0 fully saturated rings. The maximum absolute atomic E-state index is 5.80. The molecule has 0 heterocycles. The van der Waals surface area contributed by atoms with E-state index in [2.05, 4.69) is 33.0 Å². The van der Waals surface area contributed by atoms with E-state index in [0.29, 0.717) is 12.0 Å². The Morgan fingerprint density at radius 1 is 1.05 bits per heavy atom. The fraction of sp³-hybridized carbons (Fsp3) is 0.647. The summed E-state index contributed by atoms with van der Waals surface area (Å²) >= 11 is 0. The first kappa shape index (κ1) is 16.0. The Hall–Kier alpha value is -1.02. The third-order valence-corrected chi connectivity index (χ3v) is 3.16. The van der Waals surface area contributed by atoms with Crippen LogP contribution in [0.3, 0.4) is 0 Å². The van der Waals surface area contributed by atoms with Gasteiger partial charge < -0.3 is 10.1 Å². The van der Waals surface area contributed by atoms with Crippen LogP contribution in [0.25, 0.3) is 0 Å². The van der Waals surface area contributed by atoms with Crippen LogP contribution in [0.4, 0.5) is 0 Å². The van der Waals surface area contributed by atoms with Gasteiger partial charge in [0.15, 0.2) is 0 Å². The first-order valence-electron chi connectivity index (χ1n) is 7.49. The smallest absolute Gasteiger partial charge is 0.119 e. The molecule has 108 valence electrons. The highest BCUT2D eigenvalue weighted by Gasteiger charge is 2.11. The molecule has 19 heavy (non-hydrogen) atoms. The third kappa shape index (κ3) is 7.89. The average molecular weight is 263 g/mol. The largest absolute Gasteiger partial charge is 0.494 e. The van der Waals surface area contributed by atoms with Crippen molar-refractivity contribution in [3.8, 4) is 5.75 Å². The number of hydrogen-bond acceptors (Lipinski definition) is 2. The van der Waals surface area contributed by atoms with E-state index in [4.69, 9.17) is 4.74 Å². The van der Waals surface area contributed by atoms with Crippen molar-refractivity contribution >= 4 is 0 Å². The van der Waals surface area contributed by atoms with Crippen LogP contribution in [0.5, 0.6) is 5.75 Å². The van der Waals surface area contributed by atoms with Gasteiger partial charge in [0.2, 0.25) is 0 Å². The van der Waals surface area contributed by atoms with Gasteiger partial charge in [0.25, 0.3) is 0 Å². The summed E-state index contributed by atoms with van der Waals surface area (Å²) in [5.74, 6) is 2.42. The summed E-state index contributed by atoms with van der Waals surface area (Å²) in [6.45, 7) is 10.9. The molecule has 0 aliphatic rings. The van der Waals surface area contributed by atoms with Crippen molar-refractivity contribution in [2.24, 2.45) is 11.8 Å². The fourth-order valence-electron chi connectivity index (χ4n) is 2.23. The zero-order chi connectivity index (χ0) is 14.1. The minimum Gasteiger partial charge on any atom is -0.494 e. The number of rotatable bonds is 9. The highest BCUT2D eigenvalue weighted by molar-refractivity contribution is 5.20. The van der Waals surface area contributed by atoms with Gasteiger partial charge in [0, 0.05) is 6.04 Å². The molecular weight excluding hydrogens is 234 g/mol. The topological polar surface area (TPSA) is 21.3 Å². The van der Waals surface area contributed by atoms with Crippen molar-refractivity contribution in [2.45, 2.75) is 46.6 Å². The molecular formula is C17H29NO. The lowest BCUT2D eigenvalue weighted by Crippen LogP contribution is -2.30. The molecule has 2 nitrogen and oxygen atoms in total. The van der Waals surface area contributed by atoms with Gasteiger partial charge in [-0.25, -0.2) is 0 Å². The van der Waals surface area contributed by atoms with E-state index in [1.807, 2.05) is 30.3 Å². The second-order valence-corrected chi connectivity index (χ2v) is 6.01. The Bertz CT molecular complexity index is 321. The Kier molecular flexibility index (Phi) is 7.57. The quantitative estimate of drug-likeness (QED) is 0.723. The number of hydrogen-bond donors (Lipinski definition) is 1. The summed E-state index contributed by atoms with van der Waals surface area (Å²) in [7, 11) is 0. The fourth-order valence-corrected chi connectivity index (χ4v) is 2.23. The van der Waals surface area contributed by atoms with E-state index in [9.17, 15) is 0 Å². The molecule has 1 unspecified atom stereocenters. The van der Waals surface area contributed by atoms with Crippen molar-refractivity contribution in [1.29, 1.82) is 0 Å². The van der Waals surface area contributed by atoms with Gasteiger partial charge in [-0.2, -0.15) is 0 Å². The minimum absolute atomic E-state index is 0.560. The van der Waals surface area contributed by atoms with E-state index in [-0.39, 0.29) is 0 Å². The highest BCUT2D eigenvalue weighted by atomic mass is 16.5. The van der Waals surface area contributed by atoms with Gasteiger partial charge in [-0.1, -0.05) is 45.9 Å². The molecule has 0 aliphatic carbocycles. The minimum atomic E-state index is 0.560. The Labute approximate surface area is 118 Å². The first-order chi connectivity index (χ1) is 9.08. The van der Waals surface area contributed by atoms with Crippen molar-refractivity contribution in [3.05, 3.63) is 30.3 Å². The average Bonchev–Trinajstić information content (AvgIpc) is 2.36. The lowest BCUT2D eigenvalue weighted by Gasteiger charge is -2.21. The van der Waals surface area contributed by atoms with Crippen LogP contribution < -0.4 is 10.1 Å². The summed E-state index contributed by atoms with van der Waals surface area (Å²) in [4.78, 5) is 0. The molecule has 1 atom stereocenters. The van der Waals surface area contributed by atoms with Crippen molar-refractivity contribution in [1.82, 2.24) is 5.32 Å². The number of benzene rings is 1. The van der Waals surface area contributed by atoms with E-state index in [1.54, 1.807) is 0 Å². The van der Waals surface area contributed by atoms with Crippen molar-refractivity contribution in [3.63, 3.8) is 0 Å². The van der Waals surface area contributed by atoms with Crippen LogP contribution in [0.2, 0.25) is 0 Å². The first-order valence-corrected chi connectivity index (χ1v) is 7.49. The van der Waals surface area contributed by atoms with Gasteiger partial charge >= 0.3 is 0 Å². The maximum atomic E-state index is 5.80. The van der Waals surface area contributed by atoms with Gasteiger partial charge in [0.1, 0.15) is 5.75 Å². The zero-order valence-electron chi connectivity index (χ0n) is 12.9. The van der Waals surface area contributed by atoms with Gasteiger partial charge in [0.05, 0.1) is 6.61 Å². The Morgan fingerprint density at radius 3 is 2.32 bits per heavy atom. The summed E-state index contributed by atoms with van der Waals surface area (Å²) in [6.07, 6.45) is 2.38. The van der Waals surface area contributed by atoms with Crippen LogP contribution >= 0.6 is 0 Å². The van der Waals surface area contributed by atoms with Crippen LogP contribution in [0.15, 0.2) is 30.3 Å². The lowest BCUT2D eigenvalue weighted by molar-refractivity contribution is 0.254. The molecule has 1 rings (SSSR count). The van der Waals surface area contributed by atoms with Crippen LogP contribution in [0, 0.1) is 11.8 Å². The monoisotopic (exact) mass is 263 g/mol. The molecule has 0 saturated heterocycles. The molecule has 0 saturated carbocycles. The molecule has 0 bridgehead atoms. The second kappa shape index (κ2) is 8.98. The number of para-hydroxylation sites is 1. The Balaban J connectivity index is 2.31. The van der Waals surface area contributed by atoms with Crippen LogP contribution in [-0.4, -0.2) is 19.2 Å². The normalized spacial score (nSPS) is 12.9. The van der Waals surface area contributed by atoms with E-state index < -0.39 is 0 Å². The third-order valence-electron chi connectivity index (χ3n) is 3.16. The summed E-state index contributed by atoms with van der Waals surface area (Å²) in [5, 5.41) is 3.54. The molecule has 0 aromatic heterocycles. The van der Waals surface area contributed by atoms with E-state index >= 15 is 0 Å². The SMILES string of the molecule is CC(C)CC(CCOc1ccccc1)CNC(C)C. The maximum Gasteiger partial charge on any atom is 0.119 e.